The molecule has 0 unspecified atom stereocenters. The van der Waals surface area contributed by atoms with Crippen molar-refractivity contribution >= 4 is 12.2 Å². The first kappa shape index (κ1) is 11.6. The van der Waals surface area contributed by atoms with E-state index in [1.165, 1.54) is 0 Å². The van der Waals surface area contributed by atoms with Gasteiger partial charge in [-0.2, -0.15) is 0 Å². The topological polar surface area (TPSA) is 70.8 Å². The van der Waals surface area contributed by atoms with Crippen LogP contribution in [0.5, 0.6) is 11.5 Å². The summed E-state index contributed by atoms with van der Waals surface area (Å²) < 4.78 is 15.6. The van der Waals surface area contributed by atoms with E-state index in [1.807, 2.05) is 0 Å². The summed E-state index contributed by atoms with van der Waals surface area (Å²) >= 11 is 0. The van der Waals surface area contributed by atoms with Gasteiger partial charge in [0.2, 0.25) is 0 Å². The third-order valence-electron chi connectivity index (χ3n) is 2.74. The Kier molecular flexibility index (Phi) is 3.37. The molecular weight excluding hydrogens is 222 g/mol. The molecule has 0 spiro atoms. The Morgan fingerprint density at radius 2 is 1.94 bits per heavy atom. The van der Waals surface area contributed by atoms with Crippen molar-refractivity contribution in [1.29, 1.82) is 0 Å². The molecule has 0 aromatic heterocycles. The van der Waals surface area contributed by atoms with E-state index in [4.69, 9.17) is 19.9 Å². The van der Waals surface area contributed by atoms with Gasteiger partial charge in [-0.1, -0.05) is 0 Å². The highest BCUT2D eigenvalue weighted by Gasteiger charge is 2.32. The maximum atomic E-state index is 10.1. The maximum Gasteiger partial charge on any atom is 0.293 e. The Labute approximate surface area is 99.5 Å². The van der Waals surface area contributed by atoms with Crippen LogP contribution in [0.2, 0.25) is 0 Å². The van der Waals surface area contributed by atoms with Crippen LogP contribution in [0.15, 0.2) is 18.2 Å². The molecule has 1 aromatic rings. The highest BCUT2D eigenvalue weighted by Crippen LogP contribution is 2.31. The molecule has 0 amide bonds. The van der Waals surface area contributed by atoms with Gasteiger partial charge < -0.3 is 19.9 Å². The standard InChI is InChI=1S/C12H15NO4/c1-15-9-2-8(13)3-11(4-9)17-12-5-10(6-12)16-7-14/h2-4,7,10,12H,5-6,13H2,1H3. The third kappa shape index (κ3) is 2.81. The molecule has 0 heterocycles. The van der Waals surface area contributed by atoms with Crippen molar-refractivity contribution in [3.63, 3.8) is 0 Å². The van der Waals surface area contributed by atoms with E-state index in [1.54, 1.807) is 25.3 Å². The lowest BCUT2D eigenvalue weighted by molar-refractivity contribution is -0.142. The Hall–Kier alpha value is -1.91. The molecule has 2 N–H and O–H groups in total. The lowest BCUT2D eigenvalue weighted by Crippen LogP contribution is -2.39. The number of carbonyl (C=O) groups is 1. The van der Waals surface area contributed by atoms with E-state index in [9.17, 15) is 4.79 Å². The van der Waals surface area contributed by atoms with Gasteiger partial charge in [0, 0.05) is 36.7 Å². The second-order valence-electron chi connectivity index (χ2n) is 4.01. The van der Waals surface area contributed by atoms with Gasteiger partial charge in [-0.05, 0) is 0 Å². The van der Waals surface area contributed by atoms with Gasteiger partial charge in [0.15, 0.2) is 0 Å². The zero-order valence-electron chi connectivity index (χ0n) is 9.59. The fraction of sp³-hybridized carbons (Fsp3) is 0.417. The van der Waals surface area contributed by atoms with Crippen molar-refractivity contribution in [3.8, 4) is 11.5 Å². The zero-order chi connectivity index (χ0) is 12.3. The van der Waals surface area contributed by atoms with E-state index in [0.29, 0.717) is 23.7 Å². The second kappa shape index (κ2) is 4.95. The van der Waals surface area contributed by atoms with Crippen molar-refractivity contribution < 1.29 is 19.0 Å². The number of anilines is 1. The number of hydrogen-bond donors (Lipinski definition) is 1. The van der Waals surface area contributed by atoms with Gasteiger partial charge in [-0.25, -0.2) is 0 Å². The molecular formula is C12H15NO4. The Balaban J connectivity index is 1.91. The van der Waals surface area contributed by atoms with Crippen molar-refractivity contribution in [2.75, 3.05) is 12.8 Å². The summed E-state index contributed by atoms with van der Waals surface area (Å²) in [5, 5.41) is 0. The fourth-order valence-corrected chi connectivity index (χ4v) is 1.78. The van der Waals surface area contributed by atoms with Crippen molar-refractivity contribution in [3.05, 3.63) is 18.2 Å². The molecule has 1 aliphatic rings. The van der Waals surface area contributed by atoms with Crippen molar-refractivity contribution in [2.24, 2.45) is 0 Å². The zero-order valence-corrected chi connectivity index (χ0v) is 9.59. The number of carbonyl (C=O) groups excluding carboxylic acids is 1. The van der Waals surface area contributed by atoms with Crippen molar-refractivity contribution in [1.82, 2.24) is 0 Å². The molecule has 5 heteroatoms. The van der Waals surface area contributed by atoms with E-state index >= 15 is 0 Å². The first-order chi connectivity index (χ1) is 8.21. The molecule has 0 saturated heterocycles. The average Bonchev–Trinajstić information content (AvgIpc) is 2.25. The smallest absolute Gasteiger partial charge is 0.293 e. The molecule has 92 valence electrons. The van der Waals surface area contributed by atoms with Crippen LogP contribution in [0.1, 0.15) is 12.8 Å². The number of nitrogen functional groups attached to an aromatic ring is 1. The predicted molar refractivity (Wildman–Crippen MR) is 62.0 cm³/mol. The average molecular weight is 237 g/mol. The highest BCUT2D eigenvalue weighted by atomic mass is 16.5. The molecule has 1 aliphatic carbocycles. The Morgan fingerprint density at radius 1 is 1.24 bits per heavy atom. The van der Waals surface area contributed by atoms with Gasteiger partial charge in [-0.3, -0.25) is 4.79 Å². The number of rotatable bonds is 5. The van der Waals surface area contributed by atoms with Crippen LogP contribution in [0, 0.1) is 0 Å². The Bertz CT molecular complexity index is 401. The number of benzene rings is 1. The largest absolute Gasteiger partial charge is 0.497 e. The molecule has 0 aliphatic heterocycles. The lowest BCUT2D eigenvalue weighted by Gasteiger charge is -2.33. The minimum Gasteiger partial charge on any atom is -0.497 e. The third-order valence-corrected chi connectivity index (χ3v) is 2.74. The molecule has 0 atom stereocenters. The van der Waals surface area contributed by atoms with E-state index < -0.39 is 0 Å². The Morgan fingerprint density at radius 3 is 2.59 bits per heavy atom. The molecule has 1 fully saturated rings. The van der Waals surface area contributed by atoms with Gasteiger partial charge in [-0.15, -0.1) is 0 Å². The predicted octanol–water partition coefficient (Wildman–Crippen LogP) is 1.36. The number of hydrogen-bond acceptors (Lipinski definition) is 5. The van der Waals surface area contributed by atoms with E-state index in [-0.39, 0.29) is 12.2 Å². The summed E-state index contributed by atoms with van der Waals surface area (Å²) in [5.74, 6) is 1.34. The maximum absolute atomic E-state index is 10.1. The van der Waals surface area contributed by atoms with Crippen LogP contribution in [0.25, 0.3) is 0 Å². The van der Waals surface area contributed by atoms with Crippen LogP contribution in [0.4, 0.5) is 5.69 Å². The summed E-state index contributed by atoms with van der Waals surface area (Å²) in [6, 6.07) is 5.26. The molecule has 1 saturated carbocycles. The summed E-state index contributed by atoms with van der Waals surface area (Å²) in [5.41, 5.74) is 6.31. The summed E-state index contributed by atoms with van der Waals surface area (Å²) in [6.45, 7) is 0.477. The van der Waals surface area contributed by atoms with Crippen LogP contribution < -0.4 is 15.2 Å². The summed E-state index contributed by atoms with van der Waals surface area (Å²) in [4.78, 5) is 10.1. The SMILES string of the molecule is COc1cc(N)cc(OC2CC(OC=O)C2)c1. The first-order valence-corrected chi connectivity index (χ1v) is 5.41. The van der Waals surface area contributed by atoms with Crippen LogP contribution >= 0.6 is 0 Å². The first-order valence-electron chi connectivity index (χ1n) is 5.41. The van der Waals surface area contributed by atoms with Gasteiger partial charge in [0.05, 0.1) is 7.11 Å². The molecule has 2 rings (SSSR count). The van der Waals surface area contributed by atoms with E-state index in [2.05, 4.69) is 0 Å². The fourth-order valence-electron chi connectivity index (χ4n) is 1.78. The number of methoxy groups -OCH3 is 1. The molecule has 0 radical (unpaired) electrons. The summed E-state index contributed by atoms with van der Waals surface area (Å²) in [6.07, 6.45) is 1.50. The number of nitrogens with two attached hydrogens (primary N) is 1. The van der Waals surface area contributed by atoms with E-state index in [0.717, 1.165) is 12.8 Å². The minimum atomic E-state index is -0.0135. The highest BCUT2D eigenvalue weighted by molar-refractivity contribution is 5.50. The molecule has 5 nitrogen and oxygen atoms in total. The lowest BCUT2D eigenvalue weighted by atomic mass is 9.92. The van der Waals surface area contributed by atoms with Crippen LogP contribution in [-0.2, 0) is 9.53 Å². The minimum absolute atomic E-state index is 0.0135. The van der Waals surface area contributed by atoms with Crippen LogP contribution in [0.3, 0.4) is 0 Å². The molecule has 1 aromatic carbocycles. The second-order valence-corrected chi connectivity index (χ2v) is 4.01. The quantitative estimate of drug-likeness (QED) is 0.618. The van der Waals surface area contributed by atoms with Gasteiger partial charge >= 0.3 is 0 Å². The summed E-state index contributed by atoms with van der Waals surface area (Å²) in [7, 11) is 1.58. The van der Waals surface area contributed by atoms with Crippen molar-refractivity contribution in [2.45, 2.75) is 25.0 Å². The van der Waals surface area contributed by atoms with Gasteiger partial charge in [0.25, 0.3) is 6.47 Å². The normalized spacial score (nSPS) is 22.4. The van der Waals surface area contributed by atoms with Crippen LogP contribution in [-0.4, -0.2) is 25.8 Å². The van der Waals surface area contributed by atoms with Gasteiger partial charge in [0.1, 0.15) is 23.7 Å². The number of ether oxygens (including phenoxy) is 3. The molecule has 0 bridgehead atoms. The molecule has 17 heavy (non-hydrogen) atoms. The monoisotopic (exact) mass is 237 g/mol.